The summed E-state index contributed by atoms with van der Waals surface area (Å²) in [7, 11) is 0. The lowest BCUT2D eigenvalue weighted by Crippen LogP contribution is -2.51. The van der Waals surface area contributed by atoms with Crippen molar-refractivity contribution in [1.82, 2.24) is 4.90 Å². The van der Waals surface area contributed by atoms with E-state index in [2.05, 4.69) is 20.8 Å². The molecular weight excluding hydrogens is 176 g/mol. The number of hydrogen-bond donors (Lipinski definition) is 1. The number of hydrogen-bond acceptors (Lipinski definition) is 1. The molecule has 0 aromatic heterocycles. The van der Waals surface area contributed by atoms with Gasteiger partial charge in [0.25, 0.3) is 0 Å². The number of fused-ring (bicyclic) bond motifs is 1. The van der Waals surface area contributed by atoms with E-state index in [9.17, 15) is 4.79 Å². The Bertz CT molecular complexity index is 262. The lowest BCUT2D eigenvalue weighted by molar-refractivity contribution is 0.133. The number of nitrogens with zero attached hydrogens (tertiary/aromatic N) is 1. The van der Waals surface area contributed by atoms with Crippen LogP contribution in [0.15, 0.2) is 0 Å². The minimum absolute atomic E-state index is 0.0353. The molecule has 1 aliphatic heterocycles. The smallest absolute Gasteiger partial charge is 0.315 e. The van der Waals surface area contributed by atoms with Crippen LogP contribution in [0.2, 0.25) is 0 Å². The lowest BCUT2D eigenvalue weighted by Gasteiger charge is -2.36. The van der Waals surface area contributed by atoms with E-state index in [4.69, 9.17) is 5.73 Å². The molecule has 3 unspecified atom stereocenters. The molecule has 1 aliphatic carbocycles. The summed E-state index contributed by atoms with van der Waals surface area (Å²) >= 11 is 0. The van der Waals surface area contributed by atoms with Gasteiger partial charge >= 0.3 is 6.03 Å². The second kappa shape index (κ2) is 2.88. The first-order valence-electron chi connectivity index (χ1n) is 5.55. The molecule has 80 valence electrons. The molecule has 2 aliphatic rings. The first-order valence-corrected chi connectivity index (χ1v) is 5.55. The van der Waals surface area contributed by atoms with Crippen molar-refractivity contribution in [2.45, 2.75) is 51.6 Å². The summed E-state index contributed by atoms with van der Waals surface area (Å²) in [6.07, 6.45) is 3.83. The average molecular weight is 196 g/mol. The summed E-state index contributed by atoms with van der Waals surface area (Å²) in [6, 6.07) is 0.0758. The summed E-state index contributed by atoms with van der Waals surface area (Å²) in [5.41, 5.74) is 5.42. The van der Waals surface area contributed by atoms with Crippen LogP contribution in [0.3, 0.4) is 0 Å². The fourth-order valence-electron chi connectivity index (χ4n) is 3.82. The minimum atomic E-state index is -0.253. The molecule has 3 atom stereocenters. The average Bonchev–Trinajstić information content (AvgIpc) is 2.54. The largest absolute Gasteiger partial charge is 0.351 e. The number of carbonyl (C=O) groups excluding carboxylic acids is 1. The van der Waals surface area contributed by atoms with E-state index in [0.717, 1.165) is 0 Å². The molecule has 0 radical (unpaired) electrons. The number of urea groups is 1. The molecule has 0 spiro atoms. The zero-order valence-electron chi connectivity index (χ0n) is 9.29. The Morgan fingerprint density at radius 1 is 1.43 bits per heavy atom. The maximum atomic E-state index is 11.4. The van der Waals surface area contributed by atoms with Gasteiger partial charge in [-0.2, -0.15) is 0 Å². The van der Waals surface area contributed by atoms with Crippen LogP contribution in [0.25, 0.3) is 0 Å². The summed E-state index contributed by atoms with van der Waals surface area (Å²) in [5.74, 6) is 1.34. The van der Waals surface area contributed by atoms with Crippen molar-refractivity contribution >= 4 is 6.03 Å². The molecule has 2 amide bonds. The standard InChI is InChI=1S/C11H20N2O/c1-7-8-5-4-6-9(8)11(2,3)13(7)10(12)14/h7-9H,4-6H2,1-3H3,(H2,12,14). The van der Waals surface area contributed by atoms with Crippen LogP contribution in [0, 0.1) is 11.8 Å². The summed E-state index contributed by atoms with van der Waals surface area (Å²) < 4.78 is 0. The quantitative estimate of drug-likeness (QED) is 0.632. The maximum Gasteiger partial charge on any atom is 0.315 e. The molecule has 2 rings (SSSR count). The molecule has 14 heavy (non-hydrogen) atoms. The van der Waals surface area contributed by atoms with Crippen molar-refractivity contribution in [3.8, 4) is 0 Å². The van der Waals surface area contributed by atoms with Gasteiger partial charge in [0.15, 0.2) is 0 Å². The van der Waals surface area contributed by atoms with E-state index in [1.807, 2.05) is 4.90 Å². The molecule has 3 heteroatoms. The van der Waals surface area contributed by atoms with Gasteiger partial charge in [-0.05, 0) is 45.4 Å². The van der Waals surface area contributed by atoms with Gasteiger partial charge in [-0.3, -0.25) is 0 Å². The zero-order chi connectivity index (χ0) is 10.5. The van der Waals surface area contributed by atoms with Gasteiger partial charge in [0.1, 0.15) is 0 Å². The molecule has 1 saturated carbocycles. The third kappa shape index (κ3) is 1.07. The highest BCUT2D eigenvalue weighted by molar-refractivity contribution is 5.74. The predicted molar refractivity (Wildman–Crippen MR) is 55.8 cm³/mol. The highest BCUT2D eigenvalue weighted by Gasteiger charge is 2.54. The molecular formula is C11H20N2O. The van der Waals surface area contributed by atoms with Gasteiger partial charge in [-0.15, -0.1) is 0 Å². The number of carbonyl (C=O) groups is 1. The van der Waals surface area contributed by atoms with Crippen molar-refractivity contribution in [1.29, 1.82) is 0 Å². The fraction of sp³-hybridized carbons (Fsp3) is 0.909. The normalized spacial score (nSPS) is 39.9. The van der Waals surface area contributed by atoms with Crippen molar-refractivity contribution in [3.63, 3.8) is 0 Å². The molecule has 0 bridgehead atoms. The Morgan fingerprint density at radius 2 is 2.07 bits per heavy atom. The number of primary amides is 1. The Balaban J connectivity index is 2.33. The molecule has 1 heterocycles. The number of amides is 2. The molecule has 2 fully saturated rings. The summed E-state index contributed by atoms with van der Waals surface area (Å²) in [5, 5.41) is 0. The van der Waals surface area contributed by atoms with Crippen molar-refractivity contribution < 1.29 is 4.79 Å². The van der Waals surface area contributed by atoms with E-state index in [1.165, 1.54) is 19.3 Å². The monoisotopic (exact) mass is 196 g/mol. The summed E-state index contributed by atoms with van der Waals surface area (Å²) in [4.78, 5) is 13.3. The van der Waals surface area contributed by atoms with Crippen LogP contribution in [-0.4, -0.2) is 22.5 Å². The SMILES string of the molecule is CC1C2CCCC2C(C)(C)N1C(N)=O. The highest BCUT2D eigenvalue weighted by Crippen LogP contribution is 2.51. The topological polar surface area (TPSA) is 46.3 Å². The Kier molecular flexibility index (Phi) is 2.02. The van der Waals surface area contributed by atoms with Crippen LogP contribution in [0.1, 0.15) is 40.0 Å². The second-order valence-electron chi connectivity index (χ2n) is 5.30. The van der Waals surface area contributed by atoms with Crippen molar-refractivity contribution in [3.05, 3.63) is 0 Å². The van der Waals surface area contributed by atoms with Crippen LogP contribution >= 0.6 is 0 Å². The van der Waals surface area contributed by atoms with Crippen LogP contribution in [0.5, 0.6) is 0 Å². The number of rotatable bonds is 0. The van der Waals surface area contributed by atoms with Crippen molar-refractivity contribution in [2.75, 3.05) is 0 Å². The third-order valence-electron chi connectivity index (χ3n) is 4.36. The Hall–Kier alpha value is -0.730. The van der Waals surface area contributed by atoms with Gasteiger partial charge in [-0.25, -0.2) is 4.79 Å². The van der Waals surface area contributed by atoms with Crippen LogP contribution in [0.4, 0.5) is 4.79 Å². The highest BCUT2D eigenvalue weighted by atomic mass is 16.2. The van der Waals surface area contributed by atoms with Gasteiger partial charge < -0.3 is 10.6 Å². The zero-order valence-corrected chi connectivity index (χ0v) is 9.29. The number of nitrogens with two attached hydrogens (primary N) is 1. The fourth-order valence-corrected chi connectivity index (χ4v) is 3.82. The predicted octanol–water partition coefficient (Wildman–Crippen LogP) is 1.96. The van der Waals surface area contributed by atoms with Crippen molar-refractivity contribution in [2.24, 2.45) is 17.6 Å². The number of likely N-dealkylation sites (tertiary alicyclic amines) is 1. The molecule has 0 aromatic rings. The first kappa shape index (κ1) is 9.81. The minimum Gasteiger partial charge on any atom is -0.351 e. The summed E-state index contributed by atoms with van der Waals surface area (Å²) in [6.45, 7) is 6.46. The maximum absolute atomic E-state index is 11.4. The molecule has 3 nitrogen and oxygen atoms in total. The van der Waals surface area contributed by atoms with Gasteiger partial charge in [-0.1, -0.05) is 6.42 Å². The van der Waals surface area contributed by atoms with Gasteiger partial charge in [0, 0.05) is 11.6 Å². The van der Waals surface area contributed by atoms with Crippen LogP contribution in [-0.2, 0) is 0 Å². The van der Waals surface area contributed by atoms with E-state index in [0.29, 0.717) is 17.9 Å². The third-order valence-corrected chi connectivity index (χ3v) is 4.36. The van der Waals surface area contributed by atoms with E-state index in [-0.39, 0.29) is 11.6 Å². The van der Waals surface area contributed by atoms with Gasteiger partial charge in [0.2, 0.25) is 0 Å². The van der Waals surface area contributed by atoms with Gasteiger partial charge in [0.05, 0.1) is 0 Å². The molecule has 2 N–H and O–H groups in total. The lowest BCUT2D eigenvalue weighted by atomic mass is 9.83. The Labute approximate surface area is 85.6 Å². The Morgan fingerprint density at radius 3 is 2.57 bits per heavy atom. The van der Waals surface area contributed by atoms with E-state index in [1.54, 1.807) is 0 Å². The van der Waals surface area contributed by atoms with E-state index >= 15 is 0 Å². The molecule has 1 saturated heterocycles. The van der Waals surface area contributed by atoms with E-state index < -0.39 is 0 Å². The first-order chi connectivity index (χ1) is 6.46. The van der Waals surface area contributed by atoms with Crippen LogP contribution < -0.4 is 5.73 Å². The second-order valence-corrected chi connectivity index (χ2v) is 5.30. The molecule has 0 aromatic carbocycles.